The number of carbonyl (C=O) groups is 2. The average Bonchev–Trinajstić information content (AvgIpc) is 2.83. The Hall–Kier alpha value is -3.56. The molecule has 0 saturated heterocycles. The number of phenolic OH excluding ortho intramolecular Hbond substituents is 1. The van der Waals surface area contributed by atoms with Crippen LogP contribution in [0.4, 0.5) is 0 Å². The lowest BCUT2D eigenvalue weighted by molar-refractivity contribution is -0.140. The highest BCUT2D eigenvalue weighted by atomic mass is 16.6. The lowest BCUT2D eigenvalue weighted by atomic mass is 10.1. The Balaban J connectivity index is 1.83. The van der Waals surface area contributed by atoms with E-state index in [0.29, 0.717) is 16.9 Å². The van der Waals surface area contributed by atoms with Gasteiger partial charge in [0.25, 0.3) is 0 Å². The van der Waals surface area contributed by atoms with Crippen LogP contribution in [0.3, 0.4) is 0 Å². The smallest absolute Gasteiger partial charge is 0.330 e. The molecule has 2 rings (SSSR count). The molecule has 0 aromatic heterocycles. The summed E-state index contributed by atoms with van der Waals surface area (Å²) in [7, 11) is 0. The summed E-state index contributed by atoms with van der Waals surface area (Å²) >= 11 is 0. The molecule has 0 aliphatic carbocycles. The summed E-state index contributed by atoms with van der Waals surface area (Å²) in [6.07, 6.45) is 2.17. The first-order chi connectivity index (χ1) is 16.1. The summed E-state index contributed by atoms with van der Waals surface area (Å²) in [4.78, 5) is 21.9. The molecular weight excluding hydrogens is 432 g/mol. The number of benzene rings is 2. The fourth-order valence-electron chi connectivity index (χ4n) is 2.71. The van der Waals surface area contributed by atoms with Gasteiger partial charge in [-0.05, 0) is 0 Å². The summed E-state index contributed by atoms with van der Waals surface area (Å²) in [6, 6.07) is 8.85. The van der Waals surface area contributed by atoms with Gasteiger partial charge in [-0.25, -0.2) is 9.59 Å². The predicted molar refractivity (Wildman–Crippen MR) is 121 cm³/mol. The van der Waals surface area contributed by atoms with E-state index in [4.69, 9.17) is 28.4 Å². The van der Waals surface area contributed by atoms with Crippen LogP contribution in [-0.2, 0) is 28.5 Å². The van der Waals surface area contributed by atoms with Crippen LogP contribution in [0.2, 0.25) is 0 Å². The van der Waals surface area contributed by atoms with Gasteiger partial charge in [0.2, 0.25) is 0 Å². The Morgan fingerprint density at radius 1 is 0.758 bits per heavy atom. The van der Waals surface area contributed by atoms with E-state index in [1.165, 1.54) is 6.07 Å². The molecule has 0 heterocycles. The van der Waals surface area contributed by atoms with E-state index < -0.39 is 11.9 Å². The molecule has 33 heavy (non-hydrogen) atoms. The molecule has 0 aliphatic heterocycles. The van der Waals surface area contributed by atoms with Gasteiger partial charge in [0.05, 0.1) is 26.4 Å². The topological polar surface area (TPSA) is 110 Å². The highest BCUT2D eigenvalue weighted by Gasteiger charge is 2.14. The molecule has 9 nitrogen and oxygen atoms in total. The van der Waals surface area contributed by atoms with Crippen LogP contribution in [0.25, 0.3) is 10.8 Å². The zero-order valence-corrected chi connectivity index (χ0v) is 18.3. The van der Waals surface area contributed by atoms with Crippen molar-refractivity contribution in [1.29, 1.82) is 0 Å². The Labute approximate surface area is 192 Å². The SMILES string of the molecule is C=CC(=O)OCCOCCOc1cc(O)c(OCCOCCOC(=O)C=C)c2ccccc12. The fourth-order valence-corrected chi connectivity index (χ4v) is 2.71. The number of phenols is 1. The van der Waals surface area contributed by atoms with Gasteiger partial charge in [-0.3, -0.25) is 0 Å². The van der Waals surface area contributed by atoms with Crippen molar-refractivity contribution >= 4 is 22.7 Å². The molecule has 0 bridgehead atoms. The highest BCUT2D eigenvalue weighted by molar-refractivity contribution is 5.95. The van der Waals surface area contributed by atoms with Gasteiger partial charge in [0, 0.05) is 29.0 Å². The van der Waals surface area contributed by atoms with Crippen molar-refractivity contribution in [3.05, 3.63) is 55.6 Å². The van der Waals surface area contributed by atoms with Crippen molar-refractivity contribution in [2.24, 2.45) is 0 Å². The van der Waals surface area contributed by atoms with Gasteiger partial charge in [-0.2, -0.15) is 0 Å². The molecular formula is C24H28O9. The molecule has 9 heteroatoms. The maximum atomic E-state index is 10.9. The Kier molecular flexibility index (Phi) is 11.3. The largest absolute Gasteiger partial charge is 0.504 e. The van der Waals surface area contributed by atoms with E-state index in [0.717, 1.165) is 17.5 Å². The summed E-state index contributed by atoms with van der Waals surface area (Å²) in [5.74, 6) is -0.271. The van der Waals surface area contributed by atoms with Crippen LogP contribution < -0.4 is 9.47 Å². The quantitative estimate of drug-likeness (QED) is 0.230. The number of rotatable bonds is 16. The summed E-state index contributed by atoms with van der Waals surface area (Å²) in [5, 5.41) is 11.9. The zero-order valence-electron chi connectivity index (χ0n) is 18.3. The van der Waals surface area contributed by atoms with Crippen LogP contribution in [0.15, 0.2) is 55.6 Å². The molecule has 0 fully saturated rings. The molecule has 0 aliphatic rings. The predicted octanol–water partition coefficient (Wildman–Crippen LogP) is 2.79. The van der Waals surface area contributed by atoms with Gasteiger partial charge < -0.3 is 33.5 Å². The Morgan fingerprint density at radius 3 is 1.85 bits per heavy atom. The number of esters is 2. The maximum absolute atomic E-state index is 10.9. The molecule has 0 saturated carbocycles. The molecule has 0 atom stereocenters. The number of ether oxygens (including phenoxy) is 6. The minimum Gasteiger partial charge on any atom is -0.504 e. The fraction of sp³-hybridized carbons (Fsp3) is 0.333. The van der Waals surface area contributed by atoms with Crippen molar-refractivity contribution in [2.75, 3.05) is 52.9 Å². The third-order valence-electron chi connectivity index (χ3n) is 4.17. The van der Waals surface area contributed by atoms with Gasteiger partial charge >= 0.3 is 11.9 Å². The van der Waals surface area contributed by atoms with Crippen LogP contribution in [0, 0.1) is 0 Å². The first-order valence-electron chi connectivity index (χ1n) is 10.3. The number of hydrogen-bond donors (Lipinski definition) is 1. The van der Waals surface area contributed by atoms with Crippen LogP contribution in [0.5, 0.6) is 17.2 Å². The first-order valence-corrected chi connectivity index (χ1v) is 10.3. The number of carbonyl (C=O) groups excluding carboxylic acids is 2. The summed E-state index contributed by atoms with van der Waals surface area (Å²) < 4.78 is 31.8. The van der Waals surface area contributed by atoms with E-state index in [9.17, 15) is 14.7 Å². The minimum atomic E-state index is -0.505. The second-order valence-corrected chi connectivity index (χ2v) is 6.43. The number of aromatic hydroxyl groups is 1. The highest BCUT2D eigenvalue weighted by Crippen LogP contribution is 2.40. The normalized spacial score (nSPS) is 10.4. The summed E-state index contributed by atoms with van der Waals surface area (Å²) in [5.41, 5.74) is 0. The van der Waals surface area contributed by atoms with Crippen molar-refractivity contribution in [2.45, 2.75) is 0 Å². The number of fused-ring (bicyclic) bond motifs is 1. The molecule has 0 unspecified atom stereocenters. The van der Waals surface area contributed by atoms with E-state index in [-0.39, 0.29) is 58.6 Å². The minimum absolute atomic E-state index is 0.0686. The molecule has 2 aromatic rings. The van der Waals surface area contributed by atoms with E-state index in [1.54, 1.807) is 0 Å². The molecule has 1 N–H and O–H groups in total. The first kappa shape index (κ1) is 25.7. The molecule has 0 radical (unpaired) electrons. The summed E-state index contributed by atoms with van der Waals surface area (Å²) in [6.45, 7) is 8.28. The van der Waals surface area contributed by atoms with E-state index in [2.05, 4.69) is 13.2 Å². The van der Waals surface area contributed by atoms with Gasteiger partial charge in [-0.1, -0.05) is 37.4 Å². The average molecular weight is 460 g/mol. The molecule has 2 aromatic carbocycles. The third-order valence-corrected chi connectivity index (χ3v) is 4.17. The van der Waals surface area contributed by atoms with Crippen molar-refractivity contribution < 1.29 is 43.1 Å². The van der Waals surface area contributed by atoms with Crippen molar-refractivity contribution in [3.8, 4) is 17.2 Å². The van der Waals surface area contributed by atoms with Crippen molar-refractivity contribution in [3.63, 3.8) is 0 Å². The molecule has 178 valence electrons. The lowest BCUT2D eigenvalue weighted by Gasteiger charge is -2.15. The maximum Gasteiger partial charge on any atom is 0.330 e. The monoisotopic (exact) mass is 460 g/mol. The Bertz CT molecular complexity index is 939. The van der Waals surface area contributed by atoms with Crippen LogP contribution in [0.1, 0.15) is 0 Å². The standard InChI is InChI=1S/C24H28O9/c1-3-22(26)31-14-10-28-9-13-30-21-17-20(25)24(19-8-6-5-7-18(19)21)33-16-12-29-11-15-32-23(27)4-2/h3-8,17,25H,1-2,9-16H2. The third kappa shape index (κ3) is 8.83. The molecule has 0 spiro atoms. The second kappa shape index (κ2) is 14.5. The van der Waals surface area contributed by atoms with Crippen molar-refractivity contribution in [1.82, 2.24) is 0 Å². The second-order valence-electron chi connectivity index (χ2n) is 6.43. The number of hydrogen-bond acceptors (Lipinski definition) is 9. The van der Waals surface area contributed by atoms with E-state index >= 15 is 0 Å². The zero-order chi connectivity index (χ0) is 23.9. The van der Waals surface area contributed by atoms with E-state index in [1.807, 2.05) is 24.3 Å². The Morgan fingerprint density at radius 2 is 1.27 bits per heavy atom. The van der Waals surface area contributed by atoms with Gasteiger partial charge in [0.1, 0.15) is 32.2 Å². The van der Waals surface area contributed by atoms with Crippen LogP contribution in [-0.4, -0.2) is 69.9 Å². The van der Waals surface area contributed by atoms with Gasteiger partial charge in [0.15, 0.2) is 11.5 Å². The van der Waals surface area contributed by atoms with Crippen LogP contribution >= 0.6 is 0 Å². The van der Waals surface area contributed by atoms with Gasteiger partial charge in [-0.15, -0.1) is 0 Å². The lowest BCUT2D eigenvalue weighted by Crippen LogP contribution is -2.13. The molecule has 0 amide bonds.